The minimum atomic E-state index is -1.59. The number of esters is 2. The lowest BCUT2D eigenvalue weighted by Crippen LogP contribution is -2.59. The van der Waals surface area contributed by atoms with E-state index in [0.717, 1.165) is 57.8 Å². The molecule has 1 aliphatic rings. The third kappa shape index (κ3) is 22.2. The zero-order valence-electron chi connectivity index (χ0n) is 30.2. The lowest BCUT2D eigenvalue weighted by molar-refractivity contribution is -0.305. The molecule has 1 rings (SSSR count). The minimum Gasteiger partial charge on any atom is -0.462 e. The highest BCUT2D eigenvalue weighted by molar-refractivity contribution is 5.70. The Morgan fingerprint density at radius 3 is 1.62 bits per heavy atom. The van der Waals surface area contributed by atoms with Crippen molar-refractivity contribution in [2.75, 3.05) is 19.8 Å². The molecule has 1 fully saturated rings. The summed E-state index contributed by atoms with van der Waals surface area (Å²) in [6, 6.07) is 0. The third-order valence-corrected chi connectivity index (χ3v) is 8.90. The summed E-state index contributed by atoms with van der Waals surface area (Å²) in [5, 5.41) is 39.8. The van der Waals surface area contributed by atoms with Gasteiger partial charge in [0.2, 0.25) is 0 Å². The Bertz CT molecular complexity index is 804. The van der Waals surface area contributed by atoms with Gasteiger partial charge < -0.3 is 39.4 Å². The lowest BCUT2D eigenvalue weighted by Gasteiger charge is -2.39. The summed E-state index contributed by atoms with van der Waals surface area (Å²) < 4.78 is 22.0. The van der Waals surface area contributed by atoms with E-state index in [-0.39, 0.29) is 32.0 Å². The second kappa shape index (κ2) is 30.3. The van der Waals surface area contributed by atoms with E-state index in [2.05, 4.69) is 26.0 Å². The van der Waals surface area contributed by atoms with Crippen LogP contribution in [-0.4, -0.2) is 89.0 Å². The van der Waals surface area contributed by atoms with E-state index >= 15 is 0 Å². The van der Waals surface area contributed by atoms with Crippen molar-refractivity contribution in [1.29, 1.82) is 0 Å². The van der Waals surface area contributed by atoms with Gasteiger partial charge in [-0.2, -0.15) is 0 Å². The van der Waals surface area contributed by atoms with Crippen LogP contribution in [-0.2, 0) is 28.5 Å². The molecule has 1 saturated heterocycles. The van der Waals surface area contributed by atoms with Crippen LogP contribution in [0.3, 0.4) is 0 Å². The molecule has 282 valence electrons. The SMILES string of the molecule is CCCCCCC/C=C/CCCCCCCC(=O)OC[C@@H](CO[C@H]1O[C@@H](CO)[C@@H](O)C(O)C1O)OC(=O)CCCCCCCCCCC. The number of rotatable bonds is 31. The van der Waals surface area contributed by atoms with Gasteiger partial charge in [0, 0.05) is 12.8 Å². The molecule has 0 amide bonds. The Kier molecular flexibility index (Phi) is 28.0. The molecule has 0 saturated carbocycles. The maximum absolute atomic E-state index is 12.6. The molecule has 0 aromatic heterocycles. The van der Waals surface area contributed by atoms with Crippen LogP contribution in [0.1, 0.15) is 162 Å². The number of hydrogen-bond donors (Lipinski definition) is 4. The van der Waals surface area contributed by atoms with Crippen LogP contribution in [0.25, 0.3) is 0 Å². The van der Waals surface area contributed by atoms with Crippen molar-refractivity contribution >= 4 is 11.9 Å². The highest BCUT2D eigenvalue weighted by Gasteiger charge is 2.44. The van der Waals surface area contributed by atoms with Gasteiger partial charge in [0.25, 0.3) is 0 Å². The van der Waals surface area contributed by atoms with Crippen LogP contribution >= 0.6 is 0 Å². The second-order valence-electron chi connectivity index (χ2n) is 13.4. The smallest absolute Gasteiger partial charge is 0.306 e. The van der Waals surface area contributed by atoms with Crippen LogP contribution in [0.4, 0.5) is 0 Å². The van der Waals surface area contributed by atoms with Crippen LogP contribution in [0.2, 0.25) is 0 Å². The number of aliphatic hydroxyl groups excluding tert-OH is 4. The highest BCUT2D eigenvalue weighted by Crippen LogP contribution is 2.22. The van der Waals surface area contributed by atoms with Crippen molar-refractivity contribution in [3.05, 3.63) is 12.2 Å². The Labute approximate surface area is 291 Å². The van der Waals surface area contributed by atoms with Crippen LogP contribution in [0.5, 0.6) is 0 Å². The summed E-state index contributed by atoms with van der Waals surface area (Å²) in [6.45, 7) is 3.36. The molecule has 6 atom stereocenters. The average molecular weight is 687 g/mol. The van der Waals surface area contributed by atoms with Gasteiger partial charge in [-0.3, -0.25) is 9.59 Å². The zero-order valence-corrected chi connectivity index (χ0v) is 30.2. The van der Waals surface area contributed by atoms with E-state index < -0.39 is 49.4 Å². The van der Waals surface area contributed by atoms with Crippen molar-refractivity contribution in [1.82, 2.24) is 0 Å². The van der Waals surface area contributed by atoms with Crippen LogP contribution in [0.15, 0.2) is 12.2 Å². The van der Waals surface area contributed by atoms with Gasteiger partial charge in [-0.05, 0) is 38.5 Å². The predicted molar refractivity (Wildman–Crippen MR) is 187 cm³/mol. The first-order chi connectivity index (χ1) is 23.3. The fourth-order valence-electron chi connectivity index (χ4n) is 5.77. The molecule has 0 aliphatic carbocycles. The quantitative estimate of drug-likeness (QED) is 0.0347. The van der Waals surface area contributed by atoms with E-state index in [9.17, 15) is 30.0 Å². The largest absolute Gasteiger partial charge is 0.462 e. The molecule has 1 aliphatic heterocycles. The Balaban J connectivity index is 2.39. The molecule has 0 radical (unpaired) electrons. The fourth-order valence-corrected chi connectivity index (χ4v) is 5.77. The molecule has 48 heavy (non-hydrogen) atoms. The van der Waals surface area contributed by atoms with Crippen molar-refractivity contribution < 1.29 is 49.0 Å². The standard InChI is InChI=1S/C38H70O10/c1-3-5-7-9-11-13-14-15-16-17-19-20-22-24-26-33(40)45-29-31(30-46-38-37(44)36(43)35(42)32(28-39)48-38)47-34(41)27-25-23-21-18-12-10-8-6-4-2/h14-15,31-32,35-39,42-44H,3-13,16-30H2,1-2H3/b15-14+/t31-,32-,35+,36?,37?,38-/m0/s1. The highest BCUT2D eigenvalue weighted by atomic mass is 16.7. The number of aliphatic hydroxyl groups is 4. The molecule has 2 unspecified atom stereocenters. The summed E-state index contributed by atoms with van der Waals surface area (Å²) >= 11 is 0. The lowest BCUT2D eigenvalue weighted by atomic mass is 9.99. The molecule has 10 nitrogen and oxygen atoms in total. The van der Waals surface area contributed by atoms with Gasteiger partial charge in [0.05, 0.1) is 13.2 Å². The summed E-state index contributed by atoms with van der Waals surface area (Å²) in [5.41, 5.74) is 0. The summed E-state index contributed by atoms with van der Waals surface area (Å²) in [4.78, 5) is 25.1. The van der Waals surface area contributed by atoms with E-state index in [0.29, 0.717) is 6.42 Å². The number of carbonyl (C=O) groups excluding carboxylic acids is 2. The topological polar surface area (TPSA) is 152 Å². The Morgan fingerprint density at radius 1 is 0.625 bits per heavy atom. The summed E-state index contributed by atoms with van der Waals surface area (Å²) in [6.07, 6.45) is 20.9. The number of carbonyl (C=O) groups is 2. The van der Waals surface area contributed by atoms with Gasteiger partial charge in [-0.25, -0.2) is 0 Å². The van der Waals surface area contributed by atoms with E-state index in [1.54, 1.807) is 0 Å². The molecule has 0 bridgehead atoms. The number of allylic oxidation sites excluding steroid dienone is 2. The second-order valence-corrected chi connectivity index (χ2v) is 13.4. The number of hydrogen-bond acceptors (Lipinski definition) is 10. The maximum Gasteiger partial charge on any atom is 0.306 e. The molecule has 10 heteroatoms. The monoisotopic (exact) mass is 686 g/mol. The Morgan fingerprint density at radius 2 is 1.10 bits per heavy atom. The average Bonchev–Trinajstić information content (AvgIpc) is 3.08. The van der Waals surface area contributed by atoms with Gasteiger partial charge in [0.15, 0.2) is 12.4 Å². The predicted octanol–water partition coefficient (Wildman–Crippen LogP) is 6.83. The molecule has 0 spiro atoms. The number of unbranched alkanes of at least 4 members (excludes halogenated alkanes) is 18. The third-order valence-electron chi connectivity index (χ3n) is 8.90. The van der Waals surface area contributed by atoms with Crippen molar-refractivity contribution in [2.45, 2.75) is 198 Å². The summed E-state index contributed by atoms with van der Waals surface area (Å²) in [5.74, 6) is -0.817. The van der Waals surface area contributed by atoms with Crippen LogP contribution < -0.4 is 0 Å². The van der Waals surface area contributed by atoms with Crippen LogP contribution in [0, 0.1) is 0 Å². The Hall–Kier alpha value is -1.56. The first-order valence-corrected chi connectivity index (χ1v) is 19.3. The molecule has 1 heterocycles. The fraction of sp³-hybridized carbons (Fsp3) is 0.895. The van der Waals surface area contributed by atoms with Gasteiger partial charge >= 0.3 is 11.9 Å². The first kappa shape index (κ1) is 44.5. The molecule has 4 N–H and O–H groups in total. The maximum atomic E-state index is 12.6. The van der Waals surface area contributed by atoms with Crippen molar-refractivity contribution in [3.63, 3.8) is 0 Å². The molecule has 0 aromatic rings. The van der Waals surface area contributed by atoms with E-state index in [1.165, 1.54) is 70.6 Å². The van der Waals surface area contributed by atoms with Gasteiger partial charge in [-0.1, -0.05) is 122 Å². The van der Waals surface area contributed by atoms with Gasteiger partial charge in [-0.15, -0.1) is 0 Å². The van der Waals surface area contributed by atoms with E-state index in [4.69, 9.17) is 18.9 Å². The summed E-state index contributed by atoms with van der Waals surface area (Å²) in [7, 11) is 0. The van der Waals surface area contributed by atoms with Crippen molar-refractivity contribution in [3.8, 4) is 0 Å². The number of ether oxygens (including phenoxy) is 4. The molecular weight excluding hydrogens is 616 g/mol. The minimum absolute atomic E-state index is 0.218. The van der Waals surface area contributed by atoms with Gasteiger partial charge in [0.1, 0.15) is 31.0 Å². The molecule has 0 aromatic carbocycles. The zero-order chi connectivity index (χ0) is 35.2. The first-order valence-electron chi connectivity index (χ1n) is 19.3. The van der Waals surface area contributed by atoms with E-state index in [1.807, 2.05) is 0 Å². The molecular formula is C38H70O10. The van der Waals surface area contributed by atoms with Crippen molar-refractivity contribution in [2.24, 2.45) is 0 Å². The normalized spacial score (nSPS) is 21.8.